The van der Waals surface area contributed by atoms with Gasteiger partial charge in [0, 0.05) is 36.4 Å². The van der Waals surface area contributed by atoms with E-state index in [4.69, 9.17) is 4.98 Å². The third-order valence-corrected chi connectivity index (χ3v) is 6.62. The maximum absolute atomic E-state index is 11.9. The Labute approximate surface area is 193 Å². The van der Waals surface area contributed by atoms with Crippen LogP contribution in [0.5, 0.6) is 0 Å². The van der Waals surface area contributed by atoms with Crippen molar-refractivity contribution < 1.29 is 9.90 Å². The Balaban J connectivity index is 1.45. The molecule has 0 saturated carbocycles. The number of benzene rings is 2. The van der Waals surface area contributed by atoms with E-state index in [1.54, 1.807) is 0 Å². The molecule has 3 heterocycles. The molecule has 1 N–H and O–H groups in total. The van der Waals surface area contributed by atoms with Gasteiger partial charge >= 0.3 is 5.97 Å². The third kappa shape index (κ3) is 4.09. The lowest BCUT2D eigenvalue weighted by atomic mass is 10.0. The first-order valence-electron chi connectivity index (χ1n) is 11.6. The average Bonchev–Trinajstić information content (AvgIpc) is 3.48. The van der Waals surface area contributed by atoms with Gasteiger partial charge in [-0.1, -0.05) is 48.5 Å². The van der Waals surface area contributed by atoms with Gasteiger partial charge in [-0.25, -0.2) is 14.8 Å². The maximum Gasteiger partial charge on any atom is 0.339 e. The molecule has 1 atom stereocenters. The third-order valence-electron chi connectivity index (χ3n) is 6.62. The van der Waals surface area contributed by atoms with Crippen molar-refractivity contribution in [2.24, 2.45) is 0 Å². The van der Waals surface area contributed by atoms with Gasteiger partial charge < -0.3 is 14.6 Å². The van der Waals surface area contributed by atoms with Crippen LogP contribution < -0.4 is 4.90 Å². The van der Waals surface area contributed by atoms with Crippen LogP contribution >= 0.6 is 0 Å². The minimum Gasteiger partial charge on any atom is -0.478 e. The summed E-state index contributed by atoms with van der Waals surface area (Å²) in [5.74, 6) is -0.356. The lowest BCUT2D eigenvalue weighted by Crippen LogP contribution is -2.25. The molecule has 1 fully saturated rings. The molecule has 1 aliphatic rings. The van der Waals surface area contributed by atoms with E-state index in [0.717, 1.165) is 32.4 Å². The van der Waals surface area contributed by atoms with Crippen molar-refractivity contribution in [1.29, 1.82) is 0 Å². The van der Waals surface area contributed by atoms with Crippen LogP contribution in [-0.4, -0.2) is 32.2 Å². The predicted molar refractivity (Wildman–Crippen MR) is 130 cm³/mol. The van der Waals surface area contributed by atoms with E-state index in [9.17, 15) is 9.90 Å². The quantitative estimate of drug-likeness (QED) is 0.424. The van der Waals surface area contributed by atoms with E-state index in [0.29, 0.717) is 18.1 Å². The zero-order chi connectivity index (χ0) is 22.8. The van der Waals surface area contributed by atoms with Gasteiger partial charge in [0.15, 0.2) is 0 Å². The van der Waals surface area contributed by atoms with Crippen LogP contribution in [0.2, 0.25) is 0 Å². The second-order valence-corrected chi connectivity index (χ2v) is 8.56. The van der Waals surface area contributed by atoms with Crippen molar-refractivity contribution in [2.75, 3.05) is 11.4 Å². The molecule has 0 unspecified atom stereocenters. The molecule has 1 aliphatic heterocycles. The van der Waals surface area contributed by atoms with Crippen LogP contribution in [0, 0.1) is 0 Å². The van der Waals surface area contributed by atoms with Gasteiger partial charge in [0.2, 0.25) is 5.95 Å². The lowest BCUT2D eigenvalue weighted by Gasteiger charge is -2.25. The first kappa shape index (κ1) is 21.2. The second kappa shape index (κ2) is 9.06. The number of carboxylic acids is 1. The van der Waals surface area contributed by atoms with E-state index in [1.165, 1.54) is 28.2 Å². The highest BCUT2D eigenvalue weighted by atomic mass is 16.4. The number of fused-ring (bicyclic) bond motifs is 1. The zero-order valence-electron chi connectivity index (χ0n) is 18.8. The fraction of sp³-hybridized carbons (Fsp3) is 0.296. The van der Waals surface area contributed by atoms with Gasteiger partial charge in [0.25, 0.3) is 0 Å². The molecule has 2 aromatic heterocycles. The van der Waals surface area contributed by atoms with Crippen molar-refractivity contribution >= 4 is 22.8 Å². The summed E-state index contributed by atoms with van der Waals surface area (Å²) in [5, 5.41) is 11.0. The molecule has 6 heteroatoms. The number of aromatic nitrogens is 3. The molecule has 0 radical (unpaired) electrons. The van der Waals surface area contributed by atoms with E-state index in [2.05, 4.69) is 70.0 Å². The summed E-state index contributed by atoms with van der Waals surface area (Å²) in [5.41, 5.74) is 4.45. The van der Waals surface area contributed by atoms with Crippen LogP contribution in [-0.2, 0) is 19.4 Å². The highest BCUT2D eigenvalue weighted by molar-refractivity contribution is 5.89. The van der Waals surface area contributed by atoms with Crippen molar-refractivity contribution in [2.45, 2.75) is 45.2 Å². The molecule has 4 aromatic rings. The molecule has 0 bridgehead atoms. The summed E-state index contributed by atoms with van der Waals surface area (Å²) in [6.07, 6.45) is 7.05. The molecule has 0 amide bonds. The average molecular weight is 441 g/mol. The largest absolute Gasteiger partial charge is 0.478 e. The number of aromatic carboxylic acids is 1. The van der Waals surface area contributed by atoms with Crippen LogP contribution in [0.15, 0.2) is 67.0 Å². The first-order valence-corrected chi connectivity index (χ1v) is 11.6. The first-order chi connectivity index (χ1) is 16.2. The number of hydrogen-bond acceptors (Lipinski definition) is 4. The molecule has 168 valence electrons. The van der Waals surface area contributed by atoms with Gasteiger partial charge in [-0.15, -0.1) is 0 Å². The minimum atomic E-state index is -0.978. The summed E-state index contributed by atoms with van der Waals surface area (Å²) in [7, 11) is 0. The summed E-state index contributed by atoms with van der Waals surface area (Å²) in [4.78, 5) is 23.4. The molecule has 33 heavy (non-hydrogen) atoms. The Morgan fingerprint density at radius 1 is 1.09 bits per heavy atom. The Morgan fingerprint density at radius 2 is 1.88 bits per heavy atom. The molecule has 1 saturated heterocycles. The zero-order valence-corrected chi connectivity index (χ0v) is 18.8. The van der Waals surface area contributed by atoms with Crippen LogP contribution in [0.3, 0.4) is 0 Å². The fourth-order valence-electron chi connectivity index (χ4n) is 4.98. The topological polar surface area (TPSA) is 71.2 Å². The van der Waals surface area contributed by atoms with Gasteiger partial charge in [-0.2, -0.15) is 0 Å². The van der Waals surface area contributed by atoms with E-state index in [1.807, 2.05) is 12.1 Å². The SMILES string of the molecule is CCn1cc(CCc2nc(N3CCC[C@@H]3c3ccccc3)ncc2C(=O)O)c2ccccc21. The number of para-hydroxylation sites is 1. The van der Waals surface area contributed by atoms with E-state index < -0.39 is 5.97 Å². The predicted octanol–water partition coefficient (Wildman–Crippen LogP) is 5.28. The normalized spacial score (nSPS) is 15.9. The molecule has 5 rings (SSSR count). The van der Waals surface area contributed by atoms with E-state index in [-0.39, 0.29) is 11.6 Å². The number of nitrogens with zero attached hydrogens (tertiary/aromatic N) is 4. The van der Waals surface area contributed by atoms with Gasteiger partial charge in [-0.05, 0) is 49.8 Å². The Morgan fingerprint density at radius 3 is 2.67 bits per heavy atom. The molecule has 6 nitrogen and oxygen atoms in total. The molecule has 0 aliphatic carbocycles. The summed E-state index contributed by atoms with van der Waals surface area (Å²) >= 11 is 0. The number of carbonyl (C=O) groups is 1. The number of aryl methyl sites for hydroxylation is 3. The van der Waals surface area contributed by atoms with Gasteiger partial charge in [-0.3, -0.25) is 0 Å². The fourth-order valence-corrected chi connectivity index (χ4v) is 4.98. The maximum atomic E-state index is 11.9. The number of hydrogen-bond donors (Lipinski definition) is 1. The Kier molecular flexibility index (Phi) is 5.82. The summed E-state index contributed by atoms with van der Waals surface area (Å²) in [6, 6.07) is 19.0. The Hall–Kier alpha value is -3.67. The summed E-state index contributed by atoms with van der Waals surface area (Å²) in [6.45, 7) is 3.90. The second-order valence-electron chi connectivity index (χ2n) is 8.56. The standard InChI is InChI=1S/C27H28N4O2/c1-2-30-18-20(21-11-6-7-12-25(21)30)14-15-23-22(26(32)33)17-28-27(29-23)31-16-8-13-24(31)19-9-4-3-5-10-19/h3-7,9-12,17-18,24H,2,8,13-16H2,1H3,(H,32,33)/t24-/m1/s1. The summed E-state index contributed by atoms with van der Waals surface area (Å²) < 4.78 is 2.24. The number of anilines is 1. The van der Waals surface area contributed by atoms with Crippen LogP contribution in [0.1, 0.15) is 53.0 Å². The molecular weight excluding hydrogens is 412 g/mol. The smallest absolute Gasteiger partial charge is 0.339 e. The minimum absolute atomic E-state index is 0.188. The number of carboxylic acid groups (broad SMARTS) is 1. The van der Waals surface area contributed by atoms with E-state index >= 15 is 0 Å². The van der Waals surface area contributed by atoms with Gasteiger partial charge in [0.05, 0.1) is 17.3 Å². The van der Waals surface area contributed by atoms with Crippen LogP contribution in [0.25, 0.3) is 10.9 Å². The molecule has 0 spiro atoms. The van der Waals surface area contributed by atoms with Crippen molar-refractivity contribution in [3.63, 3.8) is 0 Å². The lowest BCUT2D eigenvalue weighted by molar-refractivity contribution is 0.0694. The van der Waals surface area contributed by atoms with Crippen molar-refractivity contribution in [1.82, 2.24) is 14.5 Å². The Bertz CT molecular complexity index is 1280. The van der Waals surface area contributed by atoms with Gasteiger partial charge in [0.1, 0.15) is 0 Å². The monoisotopic (exact) mass is 440 g/mol. The van der Waals surface area contributed by atoms with Crippen LogP contribution in [0.4, 0.5) is 5.95 Å². The molecular formula is C27H28N4O2. The number of rotatable bonds is 7. The highest BCUT2D eigenvalue weighted by Gasteiger charge is 2.29. The van der Waals surface area contributed by atoms with Crippen molar-refractivity contribution in [3.8, 4) is 0 Å². The van der Waals surface area contributed by atoms with Crippen molar-refractivity contribution in [3.05, 3.63) is 89.4 Å². The highest BCUT2D eigenvalue weighted by Crippen LogP contribution is 2.34. The molecule has 2 aromatic carbocycles.